The fourth-order valence-corrected chi connectivity index (χ4v) is 3.35. The van der Waals surface area contributed by atoms with E-state index in [1.54, 1.807) is 0 Å². The third kappa shape index (κ3) is 2.32. The molecule has 19 heavy (non-hydrogen) atoms. The molecule has 0 N–H and O–H groups in total. The summed E-state index contributed by atoms with van der Waals surface area (Å²) < 4.78 is 2.02. The Hall–Kier alpha value is -0.870. The second-order valence-corrected chi connectivity index (χ2v) is 5.71. The predicted molar refractivity (Wildman–Crippen MR) is 76.8 cm³/mol. The third-order valence-electron chi connectivity index (χ3n) is 3.81. The smallest absolute Gasteiger partial charge is 0.225 e. The zero-order valence-corrected chi connectivity index (χ0v) is 12.4. The standard InChI is InChI=1S/C13H16Cl2N4/c1-2-9-10-11(14)16-13(15)17-12(10)19(18-9)8-6-4-3-5-7-8/h8H,2-7H2,1H3. The van der Waals surface area contributed by atoms with E-state index in [4.69, 9.17) is 28.3 Å². The van der Waals surface area contributed by atoms with Gasteiger partial charge in [0.2, 0.25) is 5.28 Å². The molecule has 1 aliphatic carbocycles. The lowest BCUT2D eigenvalue weighted by Crippen LogP contribution is -2.14. The molecule has 0 spiro atoms. The van der Waals surface area contributed by atoms with Crippen LogP contribution in [0.5, 0.6) is 0 Å². The highest BCUT2D eigenvalue weighted by Gasteiger charge is 2.23. The van der Waals surface area contributed by atoms with Crippen LogP contribution in [0.2, 0.25) is 10.4 Å². The predicted octanol–water partition coefficient (Wildman–Crippen LogP) is 4.20. The molecule has 4 nitrogen and oxygen atoms in total. The van der Waals surface area contributed by atoms with Crippen molar-refractivity contribution in [3.8, 4) is 0 Å². The van der Waals surface area contributed by atoms with Crippen molar-refractivity contribution in [3.05, 3.63) is 16.1 Å². The Morgan fingerprint density at radius 3 is 2.58 bits per heavy atom. The van der Waals surface area contributed by atoms with Gasteiger partial charge < -0.3 is 0 Å². The van der Waals surface area contributed by atoms with Crippen LogP contribution in [0.3, 0.4) is 0 Å². The summed E-state index contributed by atoms with van der Waals surface area (Å²) >= 11 is 12.1. The number of aryl methyl sites for hydroxylation is 1. The van der Waals surface area contributed by atoms with Gasteiger partial charge in [0.05, 0.1) is 17.1 Å². The van der Waals surface area contributed by atoms with Crippen molar-refractivity contribution in [3.63, 3.8) is 0 Å². The second kappa shape index (κ2) is 5.25. The molecule has 2 aromatic heterocycles. The highest BCUT2D eigenvalue weighted by atomic mass is 35.5. The second-order valence-electron chi connectivity index (χ2n) is 5.02. The molecular formula is C13H16Cl2N4. The Kier molecular flexibility index (Phi) is 3.63. The van der Waals surface area contributed by atoms with Gasteiger partial charge in [0.25, 0.3) is 0 Å². The third-order valence-corrected chi connectivity index (χ3v) is 4.25. The Bertz CT molecular complexity index is 602. The first-order chi connectivity index (χ1) is 9.20. The van der Waals surface area contributed by atoms with Gasteiger partial charge in [0.15, 0.2) is 5.65 Å². The molecule has 0 atom stereocenters. The van der Waals surface area contributed by atoms with Crippen LogP contribution < -0.4 is 0 Å². The summed E-state index contributed by atoms with van der Waals surface area (Å²) in [4.78, 5) is 8.39. The van der Waals surface area contributed by atoms with Crippen molar-refractivity contribution < 1.29 is 0 Å². The molecule has 0 radical (unpaired) electrons. The van der Waals surface area contributed by atoms with E-state index in [0.717, 1.165) is 36.0 Å². The fourth-order valence-electron chi connectivity index (χ4n) is 2.87. The molecule has 1 saturated carbocycles. The number of fused-ring (bicyclic) bond motifs is 1. The summed E-state index contributed by atoms with van der Waals surface area (Å²) in [6.45, 7) is 2.07. The van der Waals surface area contributed by atoms with E-state index in [9.17, 15) is 0 Å². The molecule has 0 bridgehead atoms. The van der Waals surface area contributed by atoms with Gasteiger partial charge >= 0.3 is 0 Å². The van der Waals surface area contributed by atoms with Crippen LogP contribution in [0.4, 0.5) is 0 Å². The van der Waals surface area contributed by atoms with Crippen LogP contribution >= 0.6 is 23.2 Å². The lowest BCUT2D eigenvalue weighted by molar-refractivity contribution is 0.334. The first-order valence-electron chi connectivity index (χ1n) is 6.80. The zero-order chi connectivity index (χ0) is 13.4. The topological polar surface area (TPSA) is 43.6 Å². The van der Waals surface area contributed by atoms with Crippen LogP contribution in [0.1, 0.15) is 50.8 Å². The average Bonchev–Trinajstić information content (AvgIpc) is 2.78. The van der Waals surface area contributed by atoms with Crippen LogP contribution in [0.25, 0.3) is 11.0 Å². The summed E-state index contributed by atoms with van der Waals surface area (Å²) in [5.41, 5.74) is 1.75. The van der Waals surface area contributed by atoms with Crippen molar-refractivity contribution >= 4 is 34.2 Å². The molecule has 1 fully saturated rings. The van der Waals surface area contributed by atoms with Crippen LogP contribution in [0.15, 0.2) is 0 Å². The highest BCUT2D eigenvalue weighted by molar-refractivity contribution is 6.35. The van der Waals surface area contributed by atoms with Gasteiger partial charge in [-0.1, -0.05) is 37.8 Å². The molecule has 2 aromatic rings. The van der Waals surface area contributed by atoms with Gasteiger partial charge in [-0.05, 0) is 30.9 Å². The van der Waals surface area contributed by atoms with E-state index < -0.39 is 0 Å². The van der Waals surface area contributed by atoms with Gasteiger partial charge in [-0.2, -0.15) is 10.1 Å². The van der Waals surface area contributed by atoms with Crippen LogP contribution in [0, 0.1) is 0 Å². The molecule has 3 rings (SSSR count). The normalized spacial score (nSPS) is 17.2. The van der Waals surface area contributed by atoms with E-state index >= 15 is 0 Å². The van der Waals surface area contributed by atoms with Gasteiger partial charge in [-0.15, -0.1) is 0 Å². The van der Waals surface area contributed by atoms with Crippen molar-refractivity contribution in [2.45, 2.75) is 51.5 Å². The van der Waals surface area contributed by atoms with E-state index in [0.29, 0.717) is 11.2 Å². The van der Waals surface area contributed by atoms with Gasteiger partial charge in [-0.3, -0.25) is 0 Å². The summed E-state index contributed by atoms with van der Waals surface area (Å²) in [6, 6.07) is 0.415. The van der Waals surface area contributed by atoms with Crippen molar-refractivity contribution in [2.24, 2.45) is 0 Å². The largest absolute Gasteiger partial charge is 0.244 e. The summed E-state index contributed by atoms with van der Waals surface area (Å²) in [7, 11) is 0. The lowest BCUT2D eigenvalue weighted by atomic mass is 9.96. The maximum atomic E-state index is 6.21. The molecule has 0 unspecified atom stereocenters. The summed E-state index contributed by atoms with van der Waals surface area (Å²) in [5.74, 6) is 0. The Labute approximate surface area is 122 Å². The molecule has 6 heteroatoms. The number of aromatic nitrogens is 4. The Morgan fingerprint density at radius 1 is 1.16 bits per heavy atom. The quantitative estimate of drug-likeness (QED) is 0.616. The van der Waals surface area contributed by atoms with Crippen LogP contribution in [-0.4, -0.2) is 19.7 Å². The van der Waals surface area contributed by atoms with Gasteiger partial charge in [0.1, 0.15) is 5.15 Å². The van der Waals surface area contributed by atoms with Crippen LogP contribution in [-0.2, 0) is 6.42 Å². The van der Waals surface area contributed by atoms with E-state index in [1.165, 1.54) is 19.3 Å². The Balaban J connectivity index is 2.18. The number of hydrogen-bond donors (Lipinski definition) is 0. The maximum Gasteiger partial charge on any atom is 0.225 e. The number of nitrogens with zero attached hydrogens (tertiary/aromatic N) is 4. The molecule has 102 valence electrons. The first-order valence-corrected chi connectivity index (χ1v) is 7.56. The van der Waals surface area contributed by atoms with Gasteiger partial charge in [0, 0.05) is 0 Å². The van der Waals surface area contributed by atoms with Crippen molar-refractivity contribution in [1.29, 1.82) is 0 Å². The maximum absolute atomic E-state index is 6.21. The molecule has 0 amide bonds. The zero-order valence-electron chi connectivity index (χ0n) is 10.9. The minimum absolute atomic E-state index is 0.192. The number of halogens is 2. The minimum Gasteiger partial charge on any atom is -0.244 e. The molecular weight excluding hydrogens is 283 g/mol. The summed E-state index contributed by atoms with van der Waals surface area (Å²) in [6.07, 6.45) is 6.94. The summed E-state index contributed by atoms with van der Waals surface area (Å²) in [5, 5.41) is 6.17. The fraction of sp³-hybridized carbons (Fsp3) is 0.615. The minimum atomic E-state index is 0.192. The lowest BCUT2D eigenvalue weighted by Gasteiger charge is -2.22. The molecule has 0 saturated heterocycles. The number of hydrogen-bond acceptors (Lipinski definition) is 3. The van der Waals surface area contributed by atoms with E-state index in [2.05, 4.69) is 16.9 Å². The molecule has 0 aromatic carbocycles. The van der Waals surface area contributed by atoms with Gasteiger partial charge in [-0.25, -0.2) is 9.67 Å². The van der Waals surface area contributed by atoms with E-state index in [-0.39, 0.29) is 5.28 Å². The molecule has 0 aliphatic heterocycles. The first kappa shape index (κ1) is 13.1. The SMILES string of the molecule is CCc1nn(C2CCCCC2)c2nc(Cl)nc(Cl)c12. The highest BCUT2D eigenvalue weighted by Crippen LogP contribution is 2.33. The Morgan fingerprint density at radius 2 is 1.89 bits per heavy atom. The monoisotopic (exact) mass is 298 g/mol. The van der Waals surface area contributed by atoms with Crippen molar-refractivity contribution in [2.75, 3.05) is 0 Å². The number of rotatable bonds is 2. The van der Waals surface area contributed by atoms with E-state index in [1.807, 2.05) is 4.68 Å². The average molecular weight is 299 g/mol. The molecule has 1 aliphatic rings. The molecule has 2 heterocycles. The van der Waals surface area contributed by atoms with Crippen molar-refractivity contribution in [1.82, 2.24) is 19.7 Å².